The van der Waals surface area contributed by atoms with Gasteiger partial charge in [-0.3, -0.25) is 4.90 Å². The van der Waals surface area contributed by atoms with Gasteiger partial charge in [-0.25, -0.2) is 0 Å². The molecule has 0 saturated carbocycles. The molecule has 2 aliphatic rings. The lowest BCUT2D eigenvalue weighted by Gasteiger charge is -2.29. The zero-order valence-corrected chi connectivity index (χ0v) is 13.9. The van der Waals surface area contributed by atoms with Crippen molar-refractivity contribution in [3.8, 4) is 0 Å². The van der Waals surface area contributed by atoms with Gasteiger partial charge in [0.25, 0.3) is 0 Å². The normalized spacial score (nSPS) is 27.4. The molecule has 2 heteroatoms. The molecule has 0 radical (unpaired) electrons. The van der Waals surface area contributed by atoms with Gasteiger partial charge < -0.3 is 5.32 Å². The predicted octanol–water partition coefficient (Wildman–Crippen LogP) is 3.35. The number of fused-ring (bicyclic) bond motifs is 1. The number of nitrogens with one attached hydrogen (secondary N) is 1. The van der Waals surface area contributed by atoms with Crippen LogP contribution < -0.4 is 5.32 Å². The molecule has 0 bridgehead atoms. The summed E-state index contributed by atoms with van der Waals surface area (Å²) in [4.78, 5) is 2.72. The molecule has 2 saturated heterocycles. The van der Waals surface area contributed by atoms with Gasteiger partial charge in [-0.1, -0.05) is 45.0 Å². The summed E-state index contributed by atoms with van der Waals surface area (Å²) in [6.07, 6.45) is 5.23. The molecule has 1 aromatic rings. The van der Waals surface area contributed by atoms with Crippen LogP contribution in [0.3, 0.4) is 0 Å². The van der Waals surface area contributed by atoms with E-state index < -0.39 is 0 Å². The largest absolute Gasteiger partial charge is 0.312 e. The van der Waals surface area contributed by atoms with Crippen molar-refractivity contribution in [3.05, 3.63) is 35.4 Å². The molecule has 0 spiro atoms. The lowest BCUT2D eigenvalue weighted by Crippen LogP contribution is -2.45. The second-order valence-electron chi connectivity index (χ2n) is 7.81. The van der Waals surface area contributed by atoms with Crippen LogP contribution in [0.5, 0.6) is 0 Å². The highest BCUT2D eigenvalue weighted by Crippen LogP contribution is 2.26. The van der Waals surface area contributed by atoms with Gasteiger partial charge in [0, 0.05) is 12.1 Å². The van der Waals surface area contributed by atoms with Crippen molar-refractivity contribution in [3.63, 3.8) is 0 Å². The molecular formula is C19H30N2. The van der Waals surface area contributed by atoms with Crippen LogP contribution in [0.2, 0.25) is 0 Å². The molecule has 1 N–H and O–H groups in total. The summed E-state index contributed by atoms with van der Waals surface area (Å²) in [5.74, 6) is 0. The summed E-state index contributed by atoms with van der Waals surface area (Å²) in [6, 6.07) is 10.7. The monoisotopic (exact) mass is 286 g/mol. The smallest absolute Gasteiger partial charge is 0.0263 e. The van der Waals surface area contributed by atoms with E-state index in [1.165, 1.54) is 56.4 Å². The van der Waals surface area contributed by atoms with Gasteiger partial charge in [0.15, 0.2) is 0 Å². The minimum atomic E-state index is 0.251. The summed E-state index contributed by atoms with van der Waals surface area (Å²) in [6.45, 7) is 10.6. The van der Waals surface area contributed by atoms with E-state index in [1.54, 1.807) is 0 Å². The van der Waals surface area contributed by atoms with Gasteiger partial charge in [-0.2, -0.15) is 0 Å². The van der Waals surface area contributed by atoms with Crippen molar-refractivity contribution in [1.29, 1.82) is 0 Å². The van der Waals surface area contributed by atoms with Gasteiger partial charge in [-0.05, 0) is 61.9 Å². The van der Waals surface area contributed by atoms with E-state index >= 15 is 0 Å². The quantitative estimate of drug-likeness (QED) is 0.897. The first-order chi connectivity index (χ1) is 10.0. The fraction of sp³-hybridized carbons (Fsp3) is 0.684. The lowest BCUT2D eigenvalue weighted by molar-refractivity contribution is 0.231. The maximum Gasteiger partial charge on any atom is 0.0263 e. The maximum atomic E-state index is 3.80. The van der Waals surface area contributed by atoms with Crippen LogP contribution in [0.25, 0.3) is 0 Å². The number of hydrogen-bond acceptors (Lipinski definition) is 2. The maximum absolute atomic E-state index is 3.80. The van der Waals surface area contributed by atoms with Crippen molar-refractivity contribution in [2.24, 2.45) is 0 Å². The van der Waals surface area contributed by atoms with Crippen molar-refractivity contribution in [2.75, 3.05) is 19.6 Å². The van der Waals surface area contributed by atoms with E-state index in [0.717, 1.165) is 6.04 Å². The van der Waals surface area contributed by atoms with E-state index in [1.807, 2.05) is 0 Å². The van der Waals surface area contributed by atoms with E-state index in [0.29, 0.717) is 6.04 Å². The summed E-state index contributed by atoms with van der Waals surface area (Å²) in [7, 11) is 0. The number of nitrogens with zero attached hydrogens (tertiary/aromatic N) is 1. The Morgan fingerprint density at radius 2 is 1.81 bits per heavy atom. The Morgan fingerprint density at radius 3 is 2.52 bits per heavy atom. The lowest BCUT2D eigenvalue weighted by atomic mass is 9.86. The zero-order valence-electron chi connectivity index (χ0n) is 13.9. The topological polar surface area (TPSA) is 15.3 Å². The van der Waals surface area contributed by atoms with Crippen molar-refractivity contribution >= 4 is 0 Å². The predicted molar refractivity (Wildman–Crippen MR) is 89.8 cm³/mol. The summed E-state index contributed by atoms with van der Waals surface area (Å²) in [5, 5.41) is 3.80. The second kappa shape index (κ2) is 6.10. The molecule has 0 aliphatic carbocycles. The molecule has 116 valence electrons. The Hall–Kier alpha value is -0.860. The van der Waals surface area contributed by atoms with Gasteiger partial charge in [0.1, 0.15) is 0 Å². The highest BCUT2D eigenvalue weighted by atomic mass is 15.2. The third-order valence-electron chi connectivity index (χ3n) is 5.18. The first kappa shape index (κ1) is 15.1. The molecule has 3 rings (SSSR count). The molecule has 0 amide bonds. The van der Waals surface area contributed by atoms with Crippen LogP contribution in [0.1, 0.15) is 51.2 Å². The Kier molecular flexibility index (Phi) is 4.37. The number of benzene rings is 1. The molecule has 1 aromatic carbocycles. The fourth-order valence-electron chi connectivity index (χ4n) is 3.89. The summed E-state index contributed by atoms with van der Waals surface area (Å²) in [5.41, 5.74) is 3.17. The van der Waals surface area contributed by atoms with Crippen molar-refractivity contribution in [2.45, 2.75) is 64.0 Å². The molecule has 21 heavy (non-hydrogen) atoms. The Morgan fingerprint density at radius 1 is 1.10 bits per heavy atom. The zero-order chi connectivity index (χ0) is 14.9. The van der Waals surface area contributed by atoms with E-state index in [-0.39, 0.29) is 5.41 Å². The Balaban J connectivity index is 1.70. The highest BCUT2D eigenvalue weighted by Gasteiger charge is 2.32. The molecule has 2 atom stereocenters. The van der Waals surface area contributed by atoms with Gasteiger partial charge >= 0.3 is 0 Å². The fourth-order valence-corrected chi connectivity index (χ4v) is 3.89. The first-order valence-corrected chi connectivity index (χ1v) is 8.61. The molecule has 2 nitrogen and oxygen atoms in total. The Bertz CT molecular complexity index is 457. The minimum Gasteiger partial charge on any atom is -0.312 e. The van der Waals surface area contributed by atoms with Crippen molar-refractivity contribution < 1.29 is 0 Å². The van der Waals surface area contributed by atoms with Crippen LogP contribution in [0.4, 0.5) is 0 Å². The van der Waals surface area contributed by atoms with Crippen LogP contribution in [-0.4, -0.2) is 36.6 Å². The molecule has 2 aliphatic heterocycles. The van der Waals surface area contributed by atoms with Crippen LogP contribution >= 0.6 is 0 Å². The van der Waals surface area contributed by atoms with Gasteiger partial charge in [0.2, 0.25) is 0 Å². The molecule has 2 fully saturated rings. The van der Waals surface area contributed by atoms with E-state index in [9.17, 15) is 0 Å². The number of hydrogen-bond donors (Lipinski definition) is 1. The molecule has 2 heterocycles. The molecule has 1 unspecified atom stereocenters. The Labute approximate surface area is 129 Å². The standard InChI is InChI=1S/C19H30N2/c1-19(2,3)16-9-7-15(8-10-16)14-17-18-6-4-12-21(18)13-5-11-20-17/h7-10,17-18,20H,4-6,11-14H2,1-3H3/t17?,18-/m0/s1. The molecular weight excluding hydrogens is 256 g/mol. The average molecular weight is 286 g/mol. The summed E-state index contributed by atoms with van der Waals surface area (Å²) < 4.78 is 0. The van der Waals surface area contributed by atoms with Gasteiger partial charge in [0.05, 0.1) is 0 Å². The van der Waals surface area contributed by atoms with E-state index in [2.05, 4.69) is 55.3 Å². The SMILES string of the molecule is CC(C)(C)c1ccc(CC2NCCCN3CCC[C@@H]23)cc1. The minimum absolute atomic E-state index is 0.251. The first-order valence-electron chi connectivity index (χ1n) is 8.61. The average Bonchev–Trinajstić information content (AvgIpc) is 2.83. The van der Waals surface area contributed by atoms with Crippen LogP contribution in [0, 0.1) is 0 Å². The van der Waals surface area contributed by atoms with Crippen molar-refractivity contribution in [1.82, 2.24) is 10.2 Å². The third kappa shape index (κ3) is 3.49. The second-order valence-corrected chi connectivity index (χ2v) is 7.81. The van der Waals surface area contributed by atoms with Crippen LogP contribution in [-0.2, 0) is 11.8 Å². The third-order valence-corrected chi connectivity index (χ3v) is 5.18. The number of rotatable bonds is 2. The van der Waals surface area contributed by atoms with Gasteiger partial charge in [-0.15, -0.1) is 0 Å². The van der Waals surface area contributed by atoms with E-state index in [4.69, 9.17) is 0 Å². The molecule has 0 aromatic heterocycles. The highest BCUT2D eigenvalue weighted by molar-refractivity contribution is 5.28. The summed E-state index contributed by atoms with van der Waals surface area (Å²) >= 11 is 0. The van der Waals surface area contributed by atoms with Crippen LogP contribution in [0.15, 0.2) is 24.3 Å².